The van der Waals surface area contributed by atoms with E-state index in [-0.39, 0.29) is 5.41 Å². The van der Waals surface area contributed by atoms with Gasteiger partial charge >= 0.3 is 0 Å². The number of hydrogen-bond acceptors (Lipinski definition) is 4. The maximum Gasteiger partial charge on any atom is 0.138 e. The smallest absolute Gasteiger partial charge is 0.138 e. The van der Waals surface area contributed by atoms with Crippen molar-refractivity contribution in [2.75, 3.05) is 31.1 Å². The van der Waals surface area contributed by atoms with Crippen molar-refractivity contribution in [2.45, 2.75) is 39.7 Å². The molecule has 0 unspecified atom stereocenters. The van der Waals surface area contributed by atoms with Gasteiger partial charge in [-0.15, -0.1) is 0 Å². The Morgan fingerprint density at radius 2 is 1.58 bits per heavy atom. The highest BCUT2D eigenvalue weighted by Crippen LogP contribution is 2.30. The number of benzene rings is 2. The van der Waals surface area contributed by atoms with Gasteiger partial charge in [0.1, 0.15) is 11.3 Å². The van der Waals surface area contributed by atoms with E-state index < -0.39 is 0 Å². The number of anilines is 1. The number of aromatic nitrogens is 3. The van der Waals surface area contributed by atoms with Crippen LogP contribution in [0.2, 0.25) is 0 Å². The van der Waals surface area contributed by atoms with E-state index in [1.807, 2.05) is 0 Å². The molecule has 0 radical (unpaired) electrons. The van der Waals surface area contributed by atoms with Crippen molar-refractivity contribution < 1.29 is 0 Å². The predicted octanol–water partition coefficient (Wildman–Crippen LogP) is 5.55. The monoisotopic (exact) mass is 439 g/mol. The quantitative estimate of drug-likeness (QED) is 0.453. The van der Waals surface area contributed by atoms with E-state index in [9.17, 15) is 0 Å². The summed E-state index contributed by atoms with van der Waals surface area (Å²) < 4.78 is 0. The van der Waals surface area contributed by atoms with Gasteiger partial charge in [0.15, 0.2) is 0 Å². The molecule has 5 rings (SSSR count). The summed E-state index contributed by atoms with van der Waals surface area (Å²) in [6.45, 7) is 13.7. The summed E-state index contributed by atoms with van der Waals surface area (Å²) in [4.78, 5) is 18.2. The molecule has 0 amide bonds. The van der Waals surface area contributed by atoms with Gasteiger partial charge in [0.05, 0.1) is 16.9 Å². The number of imidazole rings is 1. The van der Waals surface area contributed by atoms with Crippen molar-refractivity contribution in [3.63, 3.8) is 0 Å². The highest BCUT2D eigenvalue weighted by atomic mass is 15.3. The van der Waals surface area contributed by atoms with Crippen molar-refractivity contribution in [1.82, 2.24) is 19.9 Å². The van der Waals surface area contributed by atoms with Crippen LogP contribution in [0, 0.1) is 6.92 Å². The molecule has 0 saturated carbocycles. The lowest BCUT2D eigenvalue weighted by molar-refractivity contribution is 0.247. The molecule has 170 valence electrons. The Balaban J connectivity index is 1.33. The van der Waals surface area contributed by atoms with Gasteiger partial charge in [-0.3, -0.25) is 9.88 Å². The van der Waals surface area contributed by atoms with Crippen LogP contribution in [-0.2, 0) is 12.0 Å². The molecular formula is C28H33N5. The molecule has 4 aromatic rings. The number of H-pyrrole nitrogens is 1. The molecule has 5 heteroatoms. The first-order valence-electron chi connectivity index (χ1n) is 11.9. The first-order chi connectivity index (χ1) is 15.9. The zero-order chi connectivity index (χ0) is 23.0. The molecule has 1 N–H and O–H groups in total. The van der Waals surface area contributed by atoms with Crippen LogP contribution in [0.15, 0.2) is 60.7 Å². The molecule has 2 aromatic heterocycles. The van der Waals surface area contributed by atoms with Crippen molar-refractivity contribution in [3.8, 4) is 11.4 Å². The van der Waals surface area contributed by atoms with Gasteiger partial charge < -0.3 is 9.88 Å². The minimum Gasteiger partial charge on any atom is -0.367 e. The summed E-state index contributed by atoms with van der Waals surface area (Å²) in [5.41, 5.74) is 8.21. The van der Waals surface area contributed by atoms with E-state index in [1.54, 1.807) is 0 Å². The van der Waals surface area contributed by atoms with E-state index in [4.69, 9.17) is 4.98 Å². The van der Waals surface area contributed by atoms with Crippen molar-refractivity contribution in [2.24, 2.45) is 0 Å². The lowest BCUT2D eigenvalue weighted by Crippen LogP contribution is -2.46. The molecule has 0 spiro atoms. The summed E-state index contributed by atoms with van der Waals surface area (Å²) >= 11 is 0. The molecule has 3 heterocycles. The Morgan fingerprint density at radius 1 is 0.848 bits per heavy atom. The molecular weight excluding hydrogens is 406 g/mol. The van der Waals surface area contributed by atoms with Gasteiger partial charge in [-0.05, 0) is 42.2 Å². The number of piperazine rings is 1. The number of aromatic amines is 1. The third kappa shape index (κ3) is 4.64. The second-order valence-corrected chi connectivity index (χ2v) is 10.1. The number of pyridine rings is 1. The van der Waals surface area contributed by atoms with Crippen molar-refractivity contribution in [3.05, 3.63) is 77.6 Å². The third-order valence-electron chi connectivity index (χ3n) is 6.56. The molecule has 0 bridgehead atoms. The molecule has 5 nitrogen and oxygen atoms in total. The molecule has 1 saturated heterocycles. The van der Waals surface area contributed by atoms with Gasteiger partial charge in [-0.1, -0.05) is 57.2 Å². The summed E-state index contributed by atoms with van der Waals surface area (Å²) in [6, 6.07) is 21.5. The first-order valence-corrected chi connectivity index (χ1v) is 11.9. The second kappa shape index (κ2) is 8.64. The number of nitrogens with zero attached hydrogens (tertiary/aromatic N) is 4. The summed E-state index contributed by atoms with van der Waals surface area (Å²) in [7, 11) is 0. The highest BCUT2D eigenvalue weighted by Gasteiger charge is 2.21. The van der Waals surface area contributed by atoms with Crippen LogP contribution >= 0.6 is 0 Å². The van der Waals surface area contributed by atoms with Gasteiger partial charge in [0.25, 0.3) is 0 Å². The average Bonchev–Trinajstić information content (AvgIpc) is 3.24. The highest BCUT2D eigenvalue weighted by molar-refractivity contribution is 5.91. The Morgan fingerprint density at radius 3 is 2.27 bits per heavy atom. The van der Waals surface area contributed by atoms with Crippen LogP contribution in [0.3, 0.4) is 0 Å². The lowest BCUT2D eigenvalue weighted by atomic mass is 9.87. The SMILES string of the molecule is Cc1cccc(CN2CCN(c3cccc4[nH]c(-c5ccc(C(C)(C)C)cc5)nc34)CC2)n1. The van der Waals surface area contributed by atoms with E-state index in [0.29, 0.717) is 0 Å². The van der Waals surface area contributed by atoms with E-state index in [0.717, 1.165) is 66.5 Å². The van der Waals surface area contributed by atoms with Gasteiger partial charge in [-0.2, -0.15) is 0 Å². The van der Waals surface area contributed by atoms with Crippen LogP contribution in [-0.4, -0.2) is 46.0 Å². The second-order valence-electron chi connectivity index (χ2n) is 10.1. The number of aryl methyl sites for hydroxylation is 1. The maximum atomic E-state index is 5.03. The third-order valence-corrected chi connectivity index (χ3v) is 6.56. The minimum absolute atomic E-state index is 0.150. The molecule has 33 heavy (non-hydrogen) atoms. The molecule has 1 aliphatic heterocycles. The van der Waals surface area contributed by atoms with Gasteiger partial charge in [0, 0.05) is 44.0 Å². The first kappa shape index (κ1) is 21.7. The largest absolute Gasteiger partial charge is 0.367 e. The van der Waals surface area contributed by atoms with Gasteiger partial charge in [-0.25, -0.2) is 4.98 Å². The number of rotatable bonds is 4. The van der Waals surface area contributed by atoms with Crippen LogP contribution < -0.4 is 4.90 Å². The van der Waals surface area contributed by atoms with E-state index >= 15 is 0 Å². The number of fused-ring (bicyclic) bond motifs is 1. The summed E-state index contributed by atoms with van der Waals surface area (Å²) in [5, 5.41) is 0. The van der Waals surface area contributed by atoms with Crippen LogP contribution in [0.5, 0.6) is 0 Å². The fourth-order valence-corrected chi connectivity index (χ4v) is 4.60. The minimum atomic E-state index is 0.150. The standard InChI is InChI=1S/C28H33N5/c1-20-7-5-8-23(29-20)19-32-15-17-33(18-16-32)25-10-6-9-24-26(25)31-27(30-24)21-11-13-22(14-12-21)28(2,3)4/h5-14H,15-19H2,1-4H3,(H,30,31). The van der Waals surface area contributed by atoms with Crippen LogP contribution in [0.4, 0.5) is 5.69 Å². The number of nitrogens with one attached hydrogen (secondary N) is 1. The normalized spacial score (nSPS) is 15.3. The van der Waals surface area contributed by atoms with Crippen LogP contribution in [0.1, 0.15) is 37.7 Å². The number of hydrogen-bond donors (Lipinski definition) is 1. The molecule has 0 atom stereocenters. The summed E-state index contributed by atoms with van der Waals surface area (Å²) in [5.74, 6) is 0.932. The Kier molecular flexibility index (Phi) is 5.67. The maximum absolute atomic E-state index is 5.03. The topological polar surface area (TPSA) is 48.0 Å². The number of para-hydroxylation sites is 1. The average molecular weight is 440 g/mol. The van der Waals surface area contributed by atoms with Crippen molar-refractivity contribution in [1.29, 1.82) is 0 Å². The lowest BCUT2D eigenvalue weighted by Gasteiger charge is -2.36. The molecule has 2 aromatic carbocycles. The molecule has 1 fully saturated rings. The zero-order valence-corrected chi connectivity index (χ0v) is 20.1. The Bertz CT molecular complexity index is 1240. The molecule has 0 aliphatic carbocycles. The Labute approximate surface area is 196 Å². The molecule has 1 aliphatic rings. The predicted molar refractivity (Wildman–Crippen MR) is 137 cm³/mol. The fourth-order valence-electron chi connectivity index (χ4n) is 4.60. The fraction of sp³-hybridized carbons (Fsp3) is 0.357. The van der Waals surface area contributed by atoms with E-state index in [1.165, 1.54) is 11.3 Å². The zero-order valence-electron chi connectivity index (χ0n) is 20.1. The van der Waals surface area contributed by atoms with Gasteiger partial charge in [0.2, 0.25) is 0 Å². The van der Waals surface area contributed by atoms with E-state index in [2.05, 4.69) is 108 Å². The van der Waals surface area contributed by atoms with Crippen molar-refractivity contribution >= 4 is 16.7 Å². The Hall–Kier alpha value is -3.18. The van der Waals surface area contributed by atoms with Crippen LogP contribution in [0.25, 0.3) is 22.4 Å². The summed E-state index contributed by atoms with van der Waals surface area (Å²) in [6.07, 6.45) is 0.